The molecule has 0 bridgehead atoms. The third-order valence-electron chi connectivity index (χ3n) is 2.88. The molecule has 0 saturated heterocycles. The van der Waals surface area contributed by atoms with Crippen molar-refractivity contribution in [1.29, 1.82) is 5.26 Å². The molecule has 0 N–H and O–H groups in total. The van der Waals surface area contributed by atoms with E-state index in [1.807, 2.05) is 24.3 Å². The standard InChI is InChI=1S/C16H14BrNO3/c1-19-16(20-2)13-9-12(7-8-14(13)17)21-15-6-4-3-5-11(15)10-18/h3-9,16H,1-2H3. The highest BCUT2D eigenvalue weighted by Gasteiger charge is 2.14. The highest BCUT2D eigenvalue weighted by Crippen LogP contribution is 2.32. The van der Waals surface area contributed by atoms with Gasteiger partial charge in [0.05, 0.1) is 5.56 Å². The van der Waals surface area contributed by atoms with E-state index in [9.17, 15) is 0 Å². The minimum Gasteiger partial charge on any atom is -0.456 e. The average molecular weight is 348 g/mol. The Labute approximate surface area is 132 Å². The van der Waals surface area contributed by atoms with Crippen LogP contribution in [0.3, 0.4) is 0 Å². The van der Waals surface area contributed by atoms with Crippen LogP contribution in [0.1, 0.15) is 17.4 Å². The minimum atomic E-state index is -0.492. The van der Waals surface area contributed by atoms with Crippen molar-refractivity contribution in [3.8, 4) is 17.6 Å². The number of benzene rings is 2. The van der Waals surface area contributed by atoms with Crippen LogP contribution in [0, 0.1) is 11.3 Å². The molecule has 5 heteroatoms. The summed E-state index contributed by atoms with van der Waals surface area (Å²) in [7, 11) is 3.14. The van der Waals surface area contributed by atoms with E-state index in [0.717, 1.165) is 10.0 Å². The van der Waals surface area contributed by atoms with Crippen molar-refractivity contribution in [3.63, 3.8) is 0 Å². The Morgan fingerprint density at radius 2 is 1.81 bits per heavy atom. The molecule has 0 radical (unpaired) electrons. The van der Waals surface area contributed by atoms with Gasteiger partial charge >= 0.3 is 0 Å². The second kappa shape index (κ2) is 7.23. The largest absolute Gasteiger partial charge is 0.456 e. The molecule has 2 aromatic rings. The van der Waals surface area contributed by atoms with Crippen LogP contribution in [0.15, 0.2) is 46.9 Å². The van der Waals surface area contributed by atoms with Gasteiger partial charge in [-0.2, -0.15) is 5.26 Å². The van der Waals surface area contributed by atoms with Crippen LogP contribution in [0.25, 0.3) is 0 Å². The van der Waals surface area contributed by atoms with Crippen LogP contribution in [-0.4, -0.2) is 14.2 Å². The summed E-state index contributed by atoms with van der Waals surface area (Å²) in [5.41, 5.74) is 1.30. The number of hydrogen-bond donors (Lipinski definition) is 0. The fourth-order valence-electron chi connectivity index (χ4n) is 1.89. The van der Waals surface area contributed by atoms with Gasteiger partial charge < -0.3 is 14.2 Å². The summed E-state index contributed by atoms with van der Waals surface area (Å²) in [6, 6.07) is 14.7. The molecule has 0 amide bonds. The Kier molecular flexibility index (Phi) is 5.34. The summed E-state index contributed by atoms with van der Waals surface area (Å²) in [5, 5.41) is 9.08. The van der Waals surface area contributed by atoms with Crippen LogP contribution in [0.2, 0.25) is 0 Å². The van der Waals surface area contributed by atoms with E-state index in [1.54, 1.807) is 32.4 Å². The average Bonchev–Trinajstić information content (AvgIpc) is 2.52. The lowest BCUT2D eigenvalue weighted by atomic mass is 10.2. The van der Waals surface area contributed by atoms with Crippen molar-refractivity contribution >= 4 is 15.9 Å². The molecule has 0 saturated carbocycles. The lowest BCUT2D eigenvalue weighted by molar-refractivity contribution is -0.106. The number of nitriles is 1. The molecule has 0 unspecified atom stereocenters. The molecule has 108 valence electrons. The van der Waals surface area contributed by atoms with Crippen LogP contribution in [0.5, 0.6) is 11.5 Å². The third kappa shape index (κ3) is 3.61. The molecule has 4 nitrogen and oxygen atoms in total. The van der Waals surface area contributed by atoms with Gasteiger partial charge in [0.25, 0.3) is 0 Å². The maximum Gasteiger partial charge on any atom is 0.184 e. The van der Waals surface area contributed by atoms with Gasteiger partial charge in [0.2, 0.25) is 0 Å². The maximum atomic E-state index is 9.08. The van der Waals surface area contributed by atoms with E-state index in [0.29, 0.717) is 17.1 Å². The van der Waals surface area contributed by atoms with E-state index in [4.69, 9.17) is 19.5 Å². The van der Waals surface area contributed by atoms with Gasteiger partial charge in [-0.15, -0.1) is 0 Å². The zero-order valence-corrected chi connectivity index (χ0v) is 13.3. The first-order chi connectivity index (χ1) is 10.2. The van der Waals surface area contributed by atoms with Gasteiger partial charge in [-0.3, -0.25) is 0 Å². The maximum absolute atomic E-state index is 9.08. The molecular formula is C16H14BrNO3. The van der Waals surface area contributed by atoms with Gasteiger partial charge in [-0.05, 0) is 30.3 Å². The van der Waals surface area contributed by atoms with E-state index in [1.165, 1.54) is 0 Å². The molecule has 0 aliphatic carbocycles. The smallest absolute Gasteiger partial charge is 0.184 e. The highest BCUT2D eigenvalue weighted by molar-refractivity contribution is 9.10. The number of halogens is 1. The number of para-hydroxylation sites is 1. The summed E-state index contributed by atoms with van der Waals surface area (Å²) >= 11 is 3.46. The summed E-state index contributed by atoms with van der Waals surface area (Å²) in [6.45, 7) is 0. The lowest BCUT2D eigenvalue weighted by Crippen LogP contribution is -2.04. The number of nitrogens with zero attached hydrogens (tertiary/aromatic N) is 1. The molecule has 21 heavy (non-hydrogen) atoms. The molecule has 2 rings (SSSR count). The normalized spacial score (nSPS) is 10.4. The number of ether oxygens (including phenoxy) is 3. The zero-order chi connectivity index (χ0) is 15.2. The third-order valence-corrected chi connectivity index (χ3v) is 3.61. The Bertz CT molecular complexity index is 663. The first kappa shape index (κ1) is 15.5. The monoisotopic (exact) mass is 347 g/mol. The second-order valence-corrected chi connectivity index (χ2v) is 5.05. The number of rotatable bonds is 5. The summed E-state index contributed by atoms with van der Waals surface area (Å²) < 4.78 is 17.2. The van der Waals surface area contributed by atoms with Crippen LogP contribution in [0.4, 0.5) is 0 Å². The predicted molar refractivity (Wildman–Crippen MR) is 82.1 cm³/mol. The lowest BCUT2D eigenvalue weighted by Gasteiger charge is -2.16. The summed E-state index contributed by atoms with van der Waals surface area (Å²) in [6.07, 6.45) is -0.492. The summed E-state index contributed by atoms with van der Waals surface area (Å²) in [5.74, 6) is 1.12. The first-order valence-corrected chi connectivity index (χ1v) is 7.01. The van der Waals surface area contributed by atoms with Gasteiger partial charge in [0.15, 0.2) is 6.29 Å². The Hall–Kier alpha value is -1.87. The van der Waals surface area contributed by atoms with Crippen molar-refractivity contribution in [2.24, 2.45) is 0 Å². The predicted octanol–water partition coefficient (Wildman–Crippen LogP) is 4.40. The van der Waals surface area contributed by atoms with Gasteiger partial charge in [-0.25, -0.2) is 0 Å². The molecule has 0 aliphatic rings. The Morgan fingerprint density at radius 1 is 1.10 bits per heavy atom. The molecule has 0 aromatic heterocycles. The molecule has 2 aromatic carbocycles. The van der Waals surface area contributed by atoms with Crippen molar-refractivity contribution in [2.45, 2.75) is 6.29 Å². The van der Waals surface area contributed by atoms with E-state index >= 15 is 0 Å². The fourth-order valence-corrected chi connectivity index (χ4v) is 2.32. The Balaban J connectivity index is 2.33. The van der Waals surface area contributed by atoms with E-state index in [-0.39, 0.29) is 0 Å². The van der Waals surface area contributed by atoms with Gasteiger partial charge in [0.1, 0.15) is 17.6 Å². The van der Waals surface area contributed by atoms with Crippen LogP contribution < -0.4 is 4.74 Å². The SMILES string of the molecule is COC(OC)c1cc(Oc2ccccc2C#N)ccc1Br. The van der Waals surface area contributed by atoms with Gasteiger partial charge in [-0.1, -0.05) is 28.1 Å². The van der Waals surface area contributed by atoms with Crippen molar-refractivity contribution in [2.75, 3.05) is 14.2 Å². The van der Waals surface area contributed by atoms with Crippen molar-refractivity contribution in [1.82, 2.24) is 0 Å². The highest BCUT2D eigenvalue weighted by atomic mass is 79.9. The summed E-state index contributed by atoms with van der Waals surface area (Å²) in [4.78, 5) is 0. The quantitative estimate of drug-likeness (QED) is 0.752. The minimum absolute atomic E-state index is 0.483. The van der Waals surface area contributed by atoms with E-state index in [2.05, 4.69) is 22.0 Å². The molecule has 0 atom stereocenters. The van der Waals surface area contributed by atoms with E-state index < -0.39 is 6.29 Å². The second-order valence-electron chi connectivity index (χ2n) is 4.20. The fraction of sp³-hybridized carbons (Fsp3) is 0.188. The van der Waals surface area contributed by atoms with Gasteiger partial charge in [0, 0.05) is 24.3 Å². The van der Waals surface area contributed by atoms with Crippen LogP contribution >= 0.6 is 15.9 Å². The topological polar surface area (TPSA) is 51.5 Å². The molecular weight excluding hydrogens is 334 g/mol. The van der Waals surface area contributed by atoms with Crippen LogP contribution in [-0.2, 0) is 9.47 Å². The van der Waals surface area contributed by atoms with Crippen molar-refractivity contribution in [3.05, 3.63) is 58.1 Å². The zero-order valence-electron chi connectivity index (χ0n) is 11.7. The van der Waals surface area contributed by atoms with Crippen molar-refractivity contribution < 1.29 is 14.2 Å². The molecule has 0 aliphatic heterocycles. The number of hydrogen-bond acceptors (Lipinski definition) is 4. The first-order valence-electron chi connectivity index (χ1n) is 6.21. The molecule has 0 fully saturated rings. The molecule has 0 heterocycles. The Morgan fingerprint density at radius 3 is 2.48 bits per heavy atom. The molecule has 0 spiro atoms. The number of methoxy groups -OCH3 is 2.